The van der Waals surface area contributed by atoms with Gasteiger partial charge in [-0.05, 0) is 49.3 Å². The minimum Gasteiger partial charge on any atom is -0.324 e. The van der Waals surface area contributed by atoms with Crippen LogP contribution >= 0.6 is 0 Å². The number of nitrogens with two attached hydrogens (primary N) is 1. The molecule has 1 saturated carbocycles. The number of hydrogen-bond donors (Lipinski definition) is 1. The number of hydrogen-bond acceptors (Lipinski definition) is 1. The van der Waals surface area contributed by atoms with Gasteiger partial charge < -0.3 is 5.73 Å². The highest BCUT2D eigenvalue weighted by Crippen LogP contribution is 2.41. The molecule has 0 aliphatic heterocycles. The third-order valence-corrected chi connectivity index (χ3v) is 3.01. The van der Waals surface area contributed by atoms with Gasteiger partial charge in [-0.3, -0.25) is 0 Å². The molecule has 1 aliphatic carbocycles. The zero-order valence-electron chi connectivity index (χ0n) is 8.38. The number of rotatable bonds is 2. The van der Waals surface area contributed by atoms with Crippen LogP contribution < -0.4 is 5.73 Å². The van der Waals surface area contributed by atoms with Crippen molar-refractivity contribution in [1.29, 1.82) is 0 Å². The second-order valence-corrected chi connectivity index (χ2v) is 4.17. The van der Waals surface area contributed by atoms with Crippen molar-refractivity contribution in [2.75, 3.05) is 0 Å². The summed E-state index contributed by atoms with van der Waals surface area (Å²) in [5, 5.41) is 0. The Balaban J connectivity index is 2.36. The van der Waals surface area contributed by atoms with Crippen LogP contribution in [0.15, 0.2) is 18.2 Å². The largest absolute Gasteiger partial charge is 0.324 e. The normalized spacial score (nSPS) is 18.7. The summed E-state index contributed by atoms with van der Waals surface area (Å²) in [6.07, 6.45) is 2.63. The summed E-state index contributed by atoms with van der Waals surface area (Å²) in [5.41, 5.74) is 10.3. The summed E-state index contributed by atoms with van der Waals surface area (Å²) in [4.78, 5) is 0. The summed E-state index contributed by atoms with van der Waals surface area (Å²) in [6.45, 7) is 4.31. The molecule has 1 fully saturated rings. The van der Waals surface area contributed by atoms with Crippen molar-refractivity contribution >= 4 is 0 Å². The molecule has 2 N–H and O–H groups in total. The van der Waals surface area contributed by atoms with Gasteiger partial charge in [0.1, 0.15) is 0 Å². The molecule has 2 rings (SSSR count). The van der Waals surface area contributed by atoms with E-state index in [1.54, 1.807) is 0 Å². The fraction of sp³-hybridized carbons (Fsp3) is 0.500. The lowest BCUT2D eigenvalue weighted by Crippen LogP contribution is -2.15. The molecule has 1 unspecified atom stereocenters. The van der Waals surface area contributed by atoms with Crippen LogP contribution in [-0.2, 0) is 0 Å². The van der Waals surface area contributed by atoms with E-state index in [0.717, 1.165) is 5.92 Å². The Morgan fingerprint density at radius 1 is 1.23 bits per heavy atom. The van der Waals surface area contributed by atoms with Crippen LogP contribution in [0, 0.1) is 19.8 Å². The van der Waals surface area contributed by atoms with Crippen molar-refractivity contribution in [3.8, 4) is 0 Å². The van der Waals surface area contributed by atoms with E-state index in [1.807, 2.05) is 0 Å². The van der Waals surface area contributed by atoms with Crippen LogP contribution in [0.2, 0.25) is 0 Å². The van der Waals surface area contributed by atoms with Crippen LogP contribution in [-0.4, -0.2) is 0 Å². The molecular formula is C12H17N. The molecule has 1 aliphatic rings. The third-order valence-electron chi connectivity index (χ3n) is 3.01. The summed E-state index contributed by atoms with van der Waals surface area (Å²) in [6, 6.07) is 6.70. The first-order valence-electron chi connectivity index (χ1n) is 5.02. The molecule has 13 heavy (non-hydrogen) atoms. The first-order valence-corrected chi connectivity index (χ1v) is 5.02. The Morgan fingerprint density at radius 2 is 1.77 bits per heavy atom. The van der Waals surface area contributed by atoms with Gasteiger partial charge in [-0.1, -0.05) is 18.2 Å². The van der Waals surface area contributed by atoms with Crippen LogP contribution in [0.4, 0.5) is 0 Å². The van der Waals surface area contributed by atoms with Crippen LogP contribution in [0.5, 0.6) is 0 Å². The fourth-order valence-electron chi connectivity index (χ4n) is 2.04. The van der Waals surface area contributed by atoms with Crippen molar-refractivity contribution in [3.63, 3.8) is 0 Å². The van der Waals surface area contributed by atoms with Gasteiger partial charge >= 0.3 is 0 Å². The SMILES string of the molecule is Cc1cccc(C)c1C(N)C1CC1. The Bertz CT molecular complexity index is 293. The maximum atomic E-state index is 6.20. The van der Waals surface area contributed by atoms with Gasteiger partial charge in [0, 0.05) is 6.04 Å². The molecule has 1 heteroatoms. The molecule has 0 spiro atoms. The zero-order valence-corrected chi connectivity index (χ0v) is 8.38. The average molecular weight is 175 g/mol. The monoisotopic (exact) mass is 175 g/mol. The minimum atomic E-state index is 0.279. The van der Waals surface area contributed by atoms with Crippen LogP contribution in [0.3, 0.4) is 0 Å². The highest BCUT2D eigenvalue weighted by Gasteiger charge is 2.30. The second-order valence-electron chi connectivity index (χ2n) is 4.17. The standard InChI is InChI=1S/C12H17N/c1-8-4-3-5-9(2)11(8)12(13)10-6-7-10/h3-5,10,12H,6-7,13H2,1-2H3. The van der Waals surface area contributed by atoms with Gasteiger partial charge in [0.25, 0.3) is 0 Å². The van der Waals surface area contributed by atoms with Gasteiger partial charge in [0.2, 0.25) is 0 Å². The van der Waals surface area contributed by atoms with Gasteiger partial charge in [-0.25, -0.2) is 0 Å². The lowest BCUT2D eigenvalue weighted by Gasteiger charge is -2.16. The smallest absolute Gasteiger partial charge is 0.0328 e. The van der Waals surface area contributed by atoms with Gasteiger partial charge in [-0.2, -0.15) is 0 Å². The number of aryl methyl sites for hydroxylation is 2. The van der Waals surface area contributed by atoms with Crippen molar-refractivity contribution in [2.45, 2.75) is 32.7 Å². The molecule has 70 valence electrons. The Kier molecular flexibility index (Phi) is 2.12. The van der Waals surface area contributed by atoms with Crippen LogP contribution in [0.1, 0.15) is 35.6 Å². The lowest BCUT2D eigenvalue weighted by molar-refractivity contribution is 0.626. The molecule has 0 amide bonds. The van der Waals surface area contributed by atoms with Gasteiger partial charge in [-0.15, -0.1) is 0 Å². The van der Waals surface area contributed by atoms with Gasteiger partial charge in [0.15, 0.2) is 0 Å². The Morgan fingerprint density at radius 3 is 2.23 bits per heavy atom. The predicted octanol–water partition coefficient (Wildman–Crippen LogP) is 2.71. The average Bonchev–Trinajstić information content (AvgIpc) is 2.85. The van der Waals surface area contributed by atoms with Crippen molar-refractivity contribution in [1.82, 2.24) is 0 Å². The van der Waals surface area contributed by atoms with E-state index in [9.17, 15) is 0 Å². The van der Waals surface area contributed by atoms with Crippen LogP contribution in [0.25, 0.3) is 0 Å². The lowest BCUT2D eigenvalue weighted by atomic mass is 9.94. The quantitative estimate of drug-likeness (QED) is 0.734. The molecule has 0 bridgehead atoms. The highest BCUT2D eigenvalue weighted by atomic mass is 14.7. The molecular weight excluding hydrogens is 158 g/mol. The molecule has 0 radical (unpaired) electrons. The fourth-order valence-corrected chi connectivity index (χ4v) is 2.04. The first kappa shape index (κ1) is 8.76. The highest BCUT2D eigenvalue weighted by molar-refractivity contribution is 5.36. The molecule has 0 aromatic heterocycles. The zero-order chi connectivity index (χ0) is 9.42. The Labute approximate surface area is 80.0 Å². The summed E-state index contributed by atoms with van der Waals surface area (Å²) < 4.78 is 0. The van der Waals surface area contributed by atoms with E-state index in [-0.39, 0.29) is 6.04 Å². The predicted molar refractivity (Wildman–Crippen MR) is 55.6 cm³/mol. The molecule has 1 atom stereocenters. The third kappa shape index (κ3) is 1.61. The van der Waals surface area contributed by atoms with E-state index in [4.69, 9.17) is 5.73 Å². The second kappa shape index (κ2) is 3.15. The molecule has 0 heterocycles. The topological polar surface area (TPSA) is 26.0 Å². The maximum Gasteiger partial charge on any atom is 0.0328 e. The summed E-state index contributed by atoms with van der Waals surface area (Å²) >= 11 is 0. The molecule has 1 aromatic rings. The van der Waals surface area contributed by atoms with Gasteiger partial charge in [0.05, 0.1) is 0 Å². The van der Waals surface area contributed by atoms with Crippen molar-refractivity contribution < 1.29 is 0 Å². The minimum absolute atomic E-state index is 0.279. The summed E-state index contributed by atoms with van der Waals surface area (Å²) in [7, 11) is 0. The number of benzene rings is 1. The van der Waals surface area contributed by atoms with E-state index >= 15 is 0 Å². The molecule has 0 saturated heterocycles. The van der Waals surface area contributed by atoms with E-state index < -0.39 is 0 Å². The van der Waals surface area contributed by atoms with E-state index in [1.165, 1.54) is 29.5 Å². The maximum absolute atomic E-state index is 6.20. The van der Waals surface area contributed by atoms with E-state index in [0.29, 0.717) is 0 Å². The first-order chi connectivity index (χ1) is 6.20. The van der Waals surface area contributed by atoms with Crippen molar-refractivity contribution in [2.24, 2.45) is 11.7 Å². The van der Waals surface area contributed by atoms with E-state index in [2.05, 4.69) is 32.0 Å². The molecule has 1 aromatic carbocycles. The van der Waals surface area contributed by atoms with Crippen molar-refractivity contribution in [3.05, 3.63) is 34.9 Å². The summed E-state index contributed by atoms with van der Waals surface area (Å²) in [5.74, 6) is 0.750. The Hall–Kier alpha value is -0.820. The molecule has 1 nitrogen and oxygen atoms in total.